The van der Waals surface area contributed by atoms with Gasteiger partial charge in [-0.2, -0.15) is 0 Å². The Morgan fingerprint density at radius 2 is 0.969 bits per heavy atom. The molecule has 0 aliphatic heterocycles. The van der Waals surface area contributed by atoms with Crippen molar-refractivity contribution in [1.82, 2.24) is 4.57 Å². The van der Waals surface area contributed by atoms with Crippen LogP contribution < -0.4 is 4.90 Å². The van der Waals surface area contributed by atoms with Gasteiger partial charge in [-0.15, -0.1) is 0 Å². The van der Waals surface area contributed by atoms with Gasteiger partial charge in [0.15, 0.2) is 0 Å². The first kappa shape index (κ1) is 37.6. The van der Waals surface area contributed by atoms with Gasteiger partial charge in [-0.05, 0) is 117 Å². The van der Waals surface area contributed by atoms with E-state index < -0.39 is 5.41 Å². The molecule has 0 amide bonds. The summed E-state index contributed by atoms with van der Waals surface area (Å²) in [7, 11) is 0. The van der Waals surface area contributed by atoms with Crippen molar-refractivity contribution in [2.45, 2.75) is 12.3 Å². The van der Waals surface area contributed by atoms with Gasteiger partial charge in [0.2, 0.25) is 0 Å². The van der Waals surface area contributed by atoms with Crippen molar-refractivity contribution >= 4 is 44.6 Å². The van der Waals surface area contributed by atoms with Crippen LogP contribution in [0.2, 0.25) is 0 Å². The van der Waals surface area contributed by atoms with Crippen LogP contribution >= 0.6 is 0 Å². The minimum Gasteiger partial charge on any atom is -0.309 e. The lowest BCUT2D eigenvalue weighted by atomic mass is 9.65. The van der Waals surface area contributed by atoms with Gasteiger partial charge in [0.25, 0.3) is 0 Å². The summed E-state index contributed by atoms with van der Waals surface area (Å²) >= 11 is 0. The standard InChI is InChI=1S/C62H44N2/c1-3-20-44(21-4-2)63-56-34-17-13-29-52(56)60-57(63)35-19-36-58(60)64(45-40-38-43(39-41-45)42-22-6-5-7-23-42)59-37-18-30-51-50-28-12-16-33-55(50)62(61(51)59)53-31-14-10-26-48(53)46-24-8-9-25-47(46)49-27-11-15-32-54(49)62/h3-41H,1H2,2H3/b21-4-,44-20+. The molecular weight excluding hydrogens is 773 g/mol. The molecule has 302 valence electrons. The summed E-state index contributed by atoms with van der Waals surface area (Å²) < 4.78 is 2.38. The molecule has 0 atom stereocenters. The normalized spacial score (nSPS) is 13.3. The van der Waals surface area contributed by atoms with Crippen molar-refractivity contribution in [2.24, 2.45) is 0 Å². The van der Waals surface area contributed by atoms with Crippen LogP contribution in [0, 0.1) is 0 Å². The first-order chi connectivity index (χ1) is 31.7. The molecule has 2 aliphatic rings. The molecule has 1 aromatic heterocycles. The van der Waals surface area contributed by atoms with E-state index >= 15 is 0 Å². The molecule has 0 saturated heterocycles. The number of fused-ring (bicyclic) bond motifs is 15. The fourth-order valence-electron chi connectivity index (χ4n) is 11.1. The van der Waals surface area contributed by atoms with Crippen molar-refractivity contribution in [3.63, 3.8) is 0 Å². The predicted octanol–water partition coefficient (Wildman–Crippen LogP) is 16.5. The Labute approximate surface area is 374 Å². The molecule has 9 aromatic carbocycles. The average Bonchev–Trinajstić information content (AvgIpc) is 3.83. The molecule has 10 aromatic rings. The molecule has 0 unspecified atom stereocenters. The minimum atomic E-state index is -0.676. The molecule has 2 heteroatoms. The second kappa shape index (κ2) is 15.0. The third-order valence-electron chi connectivity index (χ3n) is 13.5. The molecule has 2 nitrogen and oxygen atoms in total. The molecule has 0 bridgehead atoms. The second-order valence-electron chi connectivity index (χ2n) is 16.7. The van der Waals surface area contributed by atoms with E-state index in [0.717, 1.165) is 33.8 Å². The maximum Gasteiger partial charge on any atom is 0.0746 e. The Morgan fingerprint density at radius 3 is 1.61 bits per heavy atom. The fraction of sp³-hybridized carbons (Fsp3) is 0.0323. The van der Waals surface area contributed by atoms with Crippen LogP contribution in [0.25, 0.3) is 72.0 Å². The van der Waals surface area contributed by atoms with E-state index in [1.807, 2.05) is 6.08 Å². The zero-order chi connectivity index (χ0) is 42.8. The summed E-state index contributed by atoms with van der Waals surface area (Å²) in [5.74, 6) is 0. The highest BCUT2D eigenvalue weighted by Crippen LogP contribution is 2.64. The average molecular weight is 817 g/mol. The van der Waals surface area contributed by atoms with Gasteiger partial charge in [0.05, 0.1) is 27.8 Å². The summed E-state index contributed by atoms with van der Waals surface area (Å²) in [6.45, 7) is 6.19. The van der Waals surface area contributed by atoms with Crippen molar-refractivity contribution in [3.05, 3.63) is 265 Å². The monoisotopic (exact) mass is 816 g/mol. The number of benzene rings is 9. The lowest BCUT2D eigenvalue weighted by Crippen LogP contribution is -2.31. The van der Waals surface area contributed by atoms with Crippen LogP contribution in [-0.2, 0) is 5.41 Å². The lowest BCUT2D eigenvalue weighted by Gasteiger charge is -2.39. The summed E-state index contributed by atoms with van der Waals surface area (Å²) in [4.78, 5) is 2.55. The van der Waals surface area contributed by atoms with E-state index in [-0.39, 0.29) is 0 Å². The Balaban J connectivity index is 1.24. The van der Waals surface area contributed by atoms with Crippen LogP contribution in [0.3, 0.4) is 0 Å². The molecule has 0 radical (unpaired) electrons. The summed E-state index contributed by atoms with van der Waals surface area (Å²) in [6, 6.07) is 78.8. The molecule has 1 spiro atoms. The van der Waals surface area contributed by atoms with Crippen molar-refractivity contribution in [2.75, 3.05) is 4.90 Å². The number of aromatic nitrogens is 1. The first-order valence-electron chi connectivity index (χ1n) is 22.2. The highest BCUT2D eigenvalue weighted by Gasteiger charge is 2.51. The smallest absolute Gasteiger partial charge is 0.0746 e. The zero-order valence-corrected chi connectivity index (χ0v) is 35.6. The maximum absolute atomic E-state index is 4.12. The molecule has 12 rings (SSSR count). The minimum absolute atomic E-state index is 0.676. The largest absolute Gasteiger partial charge is 0.309 e. The zero-order valence-electron chi connectivity index (χ0n) is 35.6. The highest BCUT2D eigenvalue weighted by atomic mass is 15.2. The fourth-order valence-corrected chi connectivity index (χ4v) is 11.1. The third kappa shape index (κ3) is 5.39. The summed E-state index contributed by atoms with van der Waals surface area (Å²) in [5.41, 5.74) is 21.0. The van der Waals surface area contributed by atoms with Crippen molar-refractivity contribution in [1.29, 1.82) is 0 Å². The van der Waals surface area contributed by atoms with Crippen LogP contribution in [-0.4, -0.2) is 4.57 Å². The van der Waals surface area contributed by atoms with Crippen LogP contribution in [0.1, 0.15) is 29.2 Å². The van der Waals surface area contributed by atoms with Gasteiger partial charge < -0.3 is 9.47 Å². The number of para-hydroxylation sites is 1. The van der Waals surface area contributed by atoms with E-state index in [1.165, 1.54) is 77.5 Å². The number of hydrogen-bond donors (Lipinski definition) is 0. The lowest BCUT2D eigenvalue weighted by molar-refractivity contribution is 0.775. The second-order valence-corrected chi connectivity index (χ2v) is 16.7. The van der Waals surface area contributed by atoms with E-state index in [4.69, 9.17) is 0 Å². The SMILES string of the molecule is C=C/C=C(\C=C/C)n1c2ccccc2c2c(N(c3ccc(-c4ccccc4)cc3)c3cccc4c3C3(c5ccccc5-c5ccccc5-c5ccccc53)c3ccccc3-4)cccc21. The number of anilines is 3. The van der Waals surface area contributed by atoms with Gasteiger partial charge in [0, 0.05) is 27.7 Å². The molecule has 64 heavy (non-hydrogen) atoms. The van der Waals surface area contributed by atoms with Gasteiger partial charge in [0.1, 0.15) is 0 Å². The van der Waals surface area contributed by atoms with E-state index in [2.05, 4.69) is 254 Å². The van der Waals surface area contributed by atoms with Gasteiger partial charge >= 0.3 is 0 Å². The Bertz CT molecular complexity index is 3460. The molecule has 0 N–H and O–H groups in total. The Morgan fingerprint density at radius 1 is 0.469 bits per heavy atom. The topological polar surface area (TPSA) is 8.17 Å². The van der Waals surface area contributed by atoms with Crippen LogP contribution in [0.4, 0.5) is 17.1 Å². The molecule has 0 fully saturated rings. The number of allylic oxidation sites excluding steroid dienone is 5. The molecular formula is C62H44N2. The predicted molar refractivity (Wildman–Crippen MR) is 271 cm³/mol. The van der Waals surface area contributed by atoms with E-state index in [1.54, 1.807) is 0 Å². The van der Waals surface area contributed by atoms with Gasteiger partial charge in [-0.3, -0.25) is 0 Å². The van der Waals surface area contributed by atoms with Crippen molar-refractivity contribution in [3.8, 4) is 44.5 Å². The van der Waals surface area contributed by atoms with E-state index in [9.17, 15) is 0 Å². The van der Waals surface area contributed by atoms with Crippen molar-refractivity contribution < 1.29 is 0 Å². The first-order valence-corrected chi connectivity index (χ1v) is 22.2. The van der Waals surface area contributed by atoms with Gasteiger partial charge in [-0.25, -0.2) is 0 Å². The third-order valence-corrected chi connectivity index (χ3v) is 13.5. The molecule has 2 aliphatic carbocycles. The van der Waals surface area contributed by atoms with Crippen LogP contribution in [0.15, 0.2) is 243 Å². The molecule has 1 heterocycles. The quantitative estimate of drug-likeness (QED) is 0.146. The number of rotatable bonds is 7. The number of hydrogen-bond acceptors (Lipinski definition) is 1. The summed E-state index contributed by atoms with van der Waals surface area (Å²) in [6.07, 6.45) is 8.25. The Kier molecular flexibility index (Phi) is 8.81. The maximum atomic E-state index is 4.12. The van der Waals surface area contributed by atoms with Crippen LogP contribution in [0.5, 0.6) is 0 Å². The van der Waals surface area contributed by atoms with E-state index in [0.29, 0.717) is 0 Å². The number of nitrogens with zero attached hydrogens (tertiary/aromatic N) is 2. The molecule has 0 saturated carbocycles. The Hall–Kier alpha value is -8.20. The summed E-state index contributed by atoms with van der Waals surface area (Å²) in [5, 5.41) is 2.37. The van der Waals surface area contributed by atoms with Gasteiger partial charge in [-0.1, -0.05) is 195 Å². The highest BCUT2D eigenvalue weighted by molar-refractivity contribution is 6.18.